The minimum Gasteiger partial charge on any atom is -0.497 e. The molecule has 0 aliphatic heterocycles. The van der Waals surface area contributed by atoms with E-state index in [1.165, 1.54) is 10.6 Å². The molecule has 3 aromatic rings. The number of benzene rings is 1. The summed E-state index contributed by atoms with van der Waals surface area (Å²) in [4.78, 5) is 30.1. The number of aromatic nitrogens is 4. The lowest BCUT2D eigenvalue weighted by Gasteiger charge is -2.14. The second-order valence-electron chi connectivity index (χ2n) is 6.84. The second-order valence-corrected chi connectivity index (χ2v) is 6.84. The van der Waals surface area contributed by atoms with Gasteiger partial charge in [0.25, 0.3) is 5.56 Å². The van der Waals surface area contributed by atoms with E-state index in [2.05, 4.69) is 15.4 Å². The quantitative estimate of drug-likeness (QED) is 0.664. The molecule has 1 amide bonds. The Bertz CT molecular complexity index is 1080. The van der Waals surface area contributed by atoms with E-state index in [1.54, 1.807) is 36.1 Å². The van der Waals surface area contributed by atoms with E-state index in [0.29, 0.717) is 29.5 Å². The van der Waals surface area contributed by atoms with Crippen molar-refractivity contribution in [2.24, 2.45) is 0 Å². The average molecular weight is 395 g/mol. The van der Waals surface area contributed by atoms with Gasteiger partial charge in [0.2, 0.25) is 11.9 Å². The summed E-state index contributed by atoms with van der Waals surface area (Å²) >= 11 is 0. The Morgan fingerprint density at radius 1 is 1.21 bits per heavy atom. The normalized spacial score (nSPS) is 10.8. The third-order valence-corrected chi connectivity index (χ3v) is 4.40. The number of amides is 1. The van der Waals surface area contributed by atoms with Crippen LogP contribution in [0.25, 0.3) is 5.95 Å². The molecule has 0 aliphatic rings. The van der Waals surface area contributed by atoms with Crippen molar-refractivity contribution in [3.05, 3.63) is 63.8 Å². The van der Waals surface area contributed by atoms with E-state index in [-0.39, 0.29) is 18.0 Å². The van der Waals surface area contributed by atoms with Crippen LogP contribution in [0.5, 0.6) is 5.75 Å². The molecule has 0 unspecified atom stereocenters. The number of rotatable bonds is 7. The smallest absolute Gasteiger partial charge is 0.255 e. The highest BCUT2D eigenvalue weighted by atomic mass is 16.5. The van der Waals surface area contributed by atoms with Crippen molar-refractivity contribution < 1.29 is 9.53 Å². The van der Waals surface area contributed by atoms with Gasteiger partial charge in [-0.1, -0.05) is 19.4 Å². The molecule has 152 valence electrons. The predicted molar refractivity (Wildman–Crippen MR) is 111 cm³/mol. The van der Waals surface area contributed by atoms with Crippen LogP contribution in [0.2, 0.25) is 0 Å². The summed E-state index contributed by atoms with van der Waals surface area (Å²) in [7, 11) is 1.56. The molecule has 1 aromatic carbocycles. The minimum atomic E-state index is -0.340. The predicted octanol–water partition coefficient (Wildman–Crippen LogP) is 2.65. The second kappa shape index (κ2) is 8.72. The lowest BCUT2D eigenvalue weighted by molar-refractivity contribution is -0.116. The number of carbonyl (C=O) groups excluding carboxylic acids is 1. The van der Waals surface area contributed by atoms with Crippen molar-refractivity contribution >= 4 is 11.6 Å². The zero-order valence-electron chi connectivity index (χ0n) is 17.1. The zero-order valence-corrected chi connectivity index (χ0v) is 17.1. The van der Waals surface area contributed by atoms with Gasteiger partial charge < -0.3 is 10.1 Å². The highest BCUT2D eigenvalue weighted by Gasteiger charge is 2.16. The summed E-state index contributed by atoms with van der Waals surface area (Å²) in [5, 5.41) is 7.24. The van der Waals surface area contributed by atoms with E-state index < -0.39 is 0 Å². The zero-order chi connectivity index (χ0) is 21.0. The van der Waals surface area contributed by atoms with Gasteiger partial charge in [-0.15, -0.1) is 0 Å². The summed E-state index contributed by atoms with van der Waals surface area (Å²) in [5.41, 5.74) is 2.64. The molecule has 0 radical (unpaired) electrons. The summed E-state index contributed by atoms with van der Waals surface area (Å²) in [6.45, 7) is 5.61. The molecule has 0 spiro atoms. The van der Waals surface area contributed by atoms with Crippen LogP contribution < -0.4 is 15.6 Å². The molecule has 0 saturated heterocycles. The standard InChI is InChI=1S/C21H25N5O3/c1-5-7-16-12-20(28)25(21(23-16)26-15(3)10-14(2)24-26)13-19(27)22-17-8-6-9-18(11-17)29-4/h6,8-12H,5,7,13H2,1-4H3,(H,22,27). The summed E-state index contributed by atoms with van der Waals surface area (Å²) in [6.07, 6.45) is 1.54. The number of hydrogen-bond acceptors (Lipinski definition) is 5. The molecule has 1 N–H and O–H groups in total. The average Bonchev–Trinajstić information content (AvgIpc) is 3.02. The van der Waals surface area contributed by atoms with Crippen LogP contribution in [-0.2, 0) is 17.8 Å². The first-order valence-corrected chi connectivity index (χ1v) is 9.49. The van der Waals surface area contributed by atoms with Gasteiger partial charge in [-0.25, -0.2) is 9.67 Å². The first kappa shape index (κ1) is 20.3. The van der Waals surface area contributed by atoms with Gasteiger partial charge in [-0.3, -0.25) is 14.2 Å². The van der Waals surface area contributed by atoms with Crippen LogP contribution >= 0.6 is 0 Å². The lowest BCUT2D eigenvalue weighted by atomic mass is 10.2. The molecule has 8 nitrogen and oxygen atoms in total. The van der Waals surface area contributed by atoms with Crippen molar-refractivity contribution in [2.45, 2.75) is 40.2 Å². The fraction of sp³-hybridized carbons (Fsp3) is 0.333. The number of anilines is 1. The SMILES string of the molecule is CCCc1cc(=O)n(CC(=O)Nc2cccc(OC)c2)c(-n2nc(C)cc2C)n1. The Labute approximate surface area is 169 Å². The number of nitrogens with zero attached hydrogens (tertiary/aromatic N) is 4. The topological polar surface area (TPSA) is 91.0 Å². The maximum atomic E-state index is 12.8. The number of ether oxygens (including phenoxy) is 1. The number of aryl methyl sites for hydroxylation is 3. The van der Waals surface area contributed by atoms with Crippen molar-refractivity contribution in [3.8, 4) is 11.7 Å². The monoisotopic (exact) mass is 395 g/mol. The third-order valence-electron chi connectivity index (χ3n) is 4.40. The van der Waals surface area contributed by atoms with Crippen LogP contribution in [0.3, 0.4) is 0 Å². The Kier molecular flexibility index (Phi) is 6.11. The molecule has 2 heterocycles. The van der Waals surface area contributed by atoms with Crippen LogP contribution in [0.1, 0.15) is 30.4 Å². The van der Waals surface area contributed by atoms with E-state index in [9.17, 15) is 9.59 Å². The minimum absolute atomic E-state index is 0.177. The molecule has 0 saturated carbocycles. The summed E-state index contributed by atoms with van der Waals surface area (Å²) in [6, 6.07) is 10.4. The molecular weight excluding hydrogens is 370 g/mol. The summed E-state index contributed by atoms with van der Waals surface area (Å²) in [5.74, 6) is 0.634. The Hall–Kier alpha value is -3.42. The number of nitrogens with one attached hydrogen (secondary N) is 1. The first-order chi connectivity index (χ1) is 13.9. The van der Waals surface area contributed by atoms with E-state index in [1.807, 2.05) is 26.8 Å². The Morgan fingerprint density at radius 2 is 2.00 bits per heavy atom. The Morgan fingerprint density at radius 3 is 2.66 bits per heavy atom. The highest BCUT2D eigenvalue weighted by Crippen LogP contribution is 2.17. The van der Waals surface area contributed by atoms with Gasteiger partial charge in [-0.2, -0.15) is 5.10 Å². The van der Waals surface area contributed by atoms with Crippen LogP contribution in [-0.4, -0.2) is 32.3 Å². The number of methoxy groups -OCH3 is 1. The number of hydrogen-bond donors (Lipinski definition) is 1. The van der Waals surface area contributed by atoms with Crippen molar-refractivity contribution in [1.29, 1.82) is 0 Å². The van der Waals surface area contributed by atoms with Gasteiger partial charge in [0, 0.05) is 29.2 Å². The van der Waals surface area contributed by atoms with Crippen molar-refractivity contribution in [1.82, 2.24) is 19.3 Å². The van der Waals surface area contributed by atoms with Gasteiger partial charge >= 0.3 is 0 Å². The first-order valence-electron chi connectivity index (χ1n) is 9.49. The number of carbonyl (C=O) groups is 1. The highest BCUT2D eigenvalue weighted by molar-refractivity contribution is 5.90. The van der Waals surface area contributed by atoms with Crippen molar-refractivity contribution in [2.75, 3.05) is 12.4 Å². The fourth-order valence-electron chi connectivity index (χ4n) is 3.11. The molecule has 0 fully saturated rings. The molecule has 29 heavy (non-hydrogen) atoms. The van der Waals surface area contributed by atoms with Crippen LogP contribution in [0.15, 0.2) is 41.2 Å². The van der Waals surface area contributed by atoms with E-state index >= 15 is 0 Å². The third kappa shape index (κ3) is 4.71. The fourth-order valence-corrected chi connectivity index (χ4v) is 3.11. The molecule has 0 aliphatic carbocycles. The van der Waals surface area contributed by atoms with Crippen LogP contribution in [0, 0.1) is 13.8 Å². The molecule has 3 rings (SSSR count). The maximum Gasteiger partial charge on any atom is 0.255 e. The lowest BCUT2D eigenvalue weighted by Crippen LogP contribution is -2.32. The Balaban J connectivity index is 1.96. The molecule has 0 atom stereocenters. The van der Waals surface area contributed by atoms with Crippen molar-refractivity contribution in [3.63, 3.8) is 0 Å². The molecule has 0 bridgehead atoms. The molecular formula is C21H25N5O3. The van der Waals surface area contributed by atoms with Gasteiger partial charge in [0.1, 0.15) is 12.3 Å². The molecule has 2 aromatic heterocycles. The van der Waals surface area contributed by atoms with Gasteiger partial charge in [0.05, 0.1) is 12.8 Å². The van der Waals surface area contributed by atoms with E-state index in [4.69, 9.17) is 4.74 Å². The van der Waals surface area contributed by atoms with Gasteiger partial charge in [0.15, 0.2) is 0 Å². The summed E-state index contributed by atoms with van der Waals surface area (Å²) < 4.78 is 8.12. The largest absolute Gasteiger partial charge is 0.497 e. The maximum absolute atomic E-state index is 12.8. The van der Waals surface area contributed by atoms with E-state index in [0.717, 1.165) is 17.8 Å². The molecule has 8 heteroatoms. The van der Waals surface area contributed by atoms with Crippen LogP contribution in [0.4, 0.5) is 5.69 Å². The van der Waals surface area contributed by atoms with Gasteiger partial charge in [-0.05, 0) is 38.5 Å².